The standard InChI is InChI=1S/C31H25N3O/c35-20-23-24-14-7-16-26(32-24)30(21-10-3-1-4-11-21)28-18-9-19-29(34-28)31(22-12-5-2-6-13-22)27-17-8-15-25(23)33-27/h1-19,23,30-31,35H,20H2. The maximum atomic E-state index is 10.4. The topological polar surface area (TPSA) is 58.9 Å². The van der Waals surface area contributed by atoms with E-state index in [4.69, 9.17) is 15.0 Å². The van der Waals surface area contributed by atoms with E-state index in [0.717, 1.165) is 45.3 Å². The molecule has 0 saturated carbocycles. The van der Waals surface area contributed by atoms with Gasteiger partial charge in [-0.2, -0.15) is 0 Å². The summed E-state index contributed by atoms with van der Waals surface area (Å²) in [4.78, 5) is 15.4. The first kappa shape index (κ1) is 21.4. The first-order valence-corrected chi connectivity index (χ1v) is 11.9. The van der Waals surface area contributed by atoms with Crippen LogP contribution < -0.4 is 0 Å². The highest BCUT2D eigenvalue weighted by Gasteiger charge is 2.27. The van der Waals surface area contributed by atoms with Crippen molar-refractivity contribution in [2.45, 2.75) is 17.8 Å². The molecule has 0 aliphatic carbocycles. The molecule has 1 aliphatic rings. The maximum absolute atomic E-state index is 10.4. The zero-order valence-corrected chi connectivity index (χ0v) is 19.2. The second kappa shape index (κ2) is 9.24. The van der Waals surface area contributed by atoms with Gasteiger partial charge in [0.15, 0.2) is 0 Å². The summed E-state index contributed by atoms with van der Waals surface area (Å²) in [7, 11) is 0. The molecule has 3 aromatic heterocycles. The van der Waals surface area contributed by atoms with Crippen molar-refractivity contribution in [2.75, 3.05) is 6.61 Å². The van der Waals surface area contributed by atoms with Crippen molar-refractivity contribution in [3.63, 3.8) is 0 Å². The van der Waals surface area contributed by atoms with Crippen LogP contribution in [0.5, 0.6) is 0 Å². The minimum Gasteiger partial charge on any atom is -0.395 e. The van der Waals surface area contributed by atoms with E-state index in [9.17, 15) is 5.11 Å². The predicted octanol–water partition coefficient (Wildman–Crippen LogP) is 5.67. The minimum atomic E-state index is -0.312. The summed E-state index contributed by atoms with van der Waals surface area (Å²) in [6.07, 6.45) is 0. The zero-order chi connectivity index (χ0) is 23.6. The third-order valence-corrected chi connectivity index (χ3v) is 6.72. The van der Waals surface area contributed by atoms with Gasteiger partial charge in [-0.3, -0.25) is 15.0 Å². The molecular formula is C31H25N3O. The molecule has 4 heteroatoms. The molecule has 4 nitrogen and oxygen atoms in total. The Kier molecular flexibility index (Phi) is 5.65. The number of aromatic nitrogens is 3. The molecular weight excluding hydrogens is 430 g/mol. The van der Waals surface area contributed by atoms with Gasteiger partial charge < -0.3 is 5.11 Å². The summed E-state index contributed by atoms with van der Waals surface area (Å²) in [5.74, 6) is -0.566. The summed E-state index contributed by atoms with van der Waals surface area (Å²) >= 11 is 0. The van der Waals surface area contributed by atoms with Gasteiger partial charge in [-0.05, 0) is 47.5 Å². The average Bonchev–Trinajstić information content (AvgIpc) is 2.91. The first-order chi connectivity index (χ1) is 17.3. The van der Waals surface area contributed by atoms with Crippen LogP contribution in [-0.2, 0) is 0 Å². The normalized spacial score (nSPS) is 18.8. The Labute approximate surface area is 205 Å². The molecule has 170 valence electrons. The van der Waals surface area contributed by atoms with Gasteiger partial charge in [-0.15, -0.1) is 0 Å². The van der Waals surface area contributed by atoms with E-state index in [1.807, 2.05) is 48.5 Å². The number of fused-ring (bicyclic) bond motifs is 6. The molecule has 0 amide bonds. The molecule has 0 radical (unpaired) electrons. The van der Waals surface area contributed by atoms with Crippen LogP contribution in [0.4, 0.5) is 0 Å². The fourth-order valence-corrected chi connectivity index (χ4v) is 5.05. The fraction of sp³-hybridized carbons (Fsp3) is 0.129. The van der Waals surface area contributed by atoms with E-state index < -0.39 is 0 Å². The summed E-state index contributed by atoms with van der Waals surface area (Å²) < 4.78 is 0. The van der Waals surface area contributed by atoms with Crippen LogP contribution in [0.3, 0.4) is 0 Å². The summed E-state index contributed by atoms with van der Waals surface area (Å²) in [5, 5.41) is 10.4. The Morgan fingerprint density at radius 2 is 0.771 bits per heavy atom. The van der Waals surface area contributed by atoms with Crippen molar-refractivity contribution in [3.05, 3.63) is 161 Å². The van der Waals surface area contributed by atoms with Crippen molar-refractivity contribution in [1.82, 2.24) is 15.0 Å². The van der Waals surface area contributed by atoms with Crippen molar-refractivity contribution < 1.29 is 5.11 Å². The molecule has 1 N–H and O–H groups in total. The first-order valence-electron chi connectivity index (χ1n) is 11.9. The largest absolute Gasteiger partial charge is 0.395 e. The van der Waals surface area contributed by atoms with Gasteiger partial charge in [0.2, 0.25) is 0 Å². The highest BCUT2D eigenvalue weighted by atomic mass is 16.3. The molecule has 2 aromatic carbocycles. The Balaban J connectivity index is 1.66. The lowest BCUT2D eigenvalue weighted by atomic mass is 9.87. The number of aliphatic hydroxyl groups is 1. The van der Waals surface area contributed by atoms with E-state index >= 15 is 0 Å². The van der Waals surface area contributed by atoms with E-state index in [1.165, 1.54) is 0 Å². The van der Waals surface area contributed by atoms with E-state index in [2.05, 4.69) is 66.7 Å². The quantitative estimate of drug-likeness (QED) is 0.381. The van der Waals surface area contributed by atoms with E-state index in [1.54, 1.807) is 0 Å². The molecule has 0 saturated heterocycles. The third-order valence-electron chi connectivity index (χ3n) is 6.72. The number of pyridine rings is 3. The highest BCUT2D eigenvalue weighted by Crippen LogP contribution is 2.36. The van der Waals surface area contributed by atoms with Crippen molar-refractivity contribution >= 4 is 0 Å². The van der Waals surface area contributed by atoms with Crippen LogP contribution in [0.15, 0.2) is 115 Å². The summed E-state index contributed by atoms with van der Waals surface area (Å²) in [5.41, 5.74) is 7.58. The number of hydrogen-bond acceptors (Lipinski definition) is 4. The van der Waals surface area contributed by atoms with Gasteiger partial charge in [0, 0.05) is 0 Å². The lowest BCUT2D eigenvalue weighted by Crippen LogP contribution is -2.17. The Hall–Kier alpha value is -4.15. The summed E-state index contributed by atoms with van der Waals surface area (Å²) in [6, 6.07) is 39.1. The second-order valence-corrected chi connectivity index (χ2v) is 8.88. The predicted molar refractivity (Wildman–Crippen MR) is 136 cm³/mol. The van der Waals surface area contributed by atoms with Crippen LogP contribution in [0.2, 0.25) is 0 Å². The molecule has 1 aliphatic heterocycles. The lowest BCUT2D eigenvalue weighted by Gasteiger charge is -2.24. The fourth-order valence-electron chi connectivity index (χ4n) is 5.05. The van der Waals surface area contributed by atoms with Gasteiger partial charge in [-0.25, -0.2) is 0 Å². The third kappa shape index (κ3) is 4.02. The van der Waals surface area contributed by atoms with Crippen LogP contribution in [0, 0.1) is 0 Å². The Morgan fingerprint density at radius 3 is 1.14 bits per heavy atom. The second-order valence-electron chi connectivity index (χ2n) is 8.88. The average molecular weight is 456 g/mol. The lowest BCUT2D eigenvalue weighted by molar-refractivity contribution is 0.276. The van der Waals surface area contributed by atoms with Crippen LogP contribution >= 0.6 is 0 Å². The van der Waals surface area contributed by atoms with Gasteiger partial charge >= 0.3 is 0 Å². The highest BCUT2D eigenvalue weighted by molar-refractivity contribution is 5.43. The molecule has 4 heterocycles. The smallest absolute Gasteiger partial charge is 0.0686 e. The summed E-state index contributed by atoms with van der Waals surface area (Å²) in [6.45, 7) is -0.0670. The number of aliphatic hydroxyl groups excluding tert-OH is 1. The van der Waals surface area contributed by atoms with Crippen molar-refractivity contribution in [1.29, 1.82) is 0 Å². The molecule has 5 aromatic rings. The van der Waals surface area contributed by atoms with Gasteiger partial charge in [0.1, 0.15) is 0 Å². The molecule has 2 unspecified atom stereocenters. The molecule has 6 rings (SSSR count). The number of rotatable bonds is 3. The molecule has 2 atom stereocenters. The van der Waals surface area contributed by atoms with Gasteiger partial charge in [-0.1, -0.05) is 78.9 Å². The SMILES string of the molecule is OCC1c2cccc(n2)C(c2ccccc2)c2cccc(n2)C(c2ccccc2)c2cccc1n2. The van der Waals surface area contributed by atoms with Crippen molar-refractivity contribution in [3.8, 4) is 0 Å². The zero-order valence-electron chi connectivity index (χ0n) is 19.2. The minimum absolute atomic E-state index is 0.0670. The van der Waals surface area contributed by atoms with Gasteiger partial charge in [0.05, 0.1) is 58.5 Å². The van der Waals surface area contributed by atoms with Crippen molar-refractivity contribution in [2.24, 2.45) is 0 Å². The molecule has 6 bridgehead atoms. The van der Waals surface area contributed by atoms with Gasteiger partial charge in [0.25, 0.3) is 0 Å². The molecule has 0 spiro atoms. The number of benzene rings is 2. The molecule has 35 heavy (non-hydrogen) atoms. The van der Waals surface area contributed by atoms with Crippen LogP contribution in [-0.4, -0.2) is 26.7 Å². The number of hydrogen-bond donors (Lipinski definition) is 1. The maximum Gasteiger partial charge on any atom is 0.0686 e. The van der Waals surface area contributed by atoms with Crippen LogP contribution in [0.25, 0.3) is 0 Å². The monoisotopic (exact) mass is 455 g/mol. The van der Waals surface area contributed by atoms with E-state index in [0.29, 0.717) is 0 Å². The van der Waals surface area contributed by atoms with Crippen LogP contribution in [0.1, 0.15) is 63.0 Å². The van der Waals surface area contributed by atoms with E-state index in [-0.39, 0.29) is 24.4 Å². The molecule has 0 fully saturated rings. The Bertz CT molecular complexity index is 1350. The Morgan fingerprint density at radius 1 is 0.429 bits per heavy atom. The number of nitrogens with zero attached hydrogens (tertiary/aromatic N) is 3.